The Morgan fingerprint density at radius 3 is 2.78 bits per heavy atom. The fourth-order valence-electron chi connectivity index (χ4n) is 1.86. The molecule has 1 saturated heterocycles. The van der Waals surface area contributed by atoms with Crippen LogP contribution < -0.4 is 10.6 Å². The van der Waals surface area contributed by atoms with Gasteiger partial charge in [-0.25, -0.2) is 0 Å². The highest BCUT2D eigenvalue weighted by Gasteiger charge is 2.17. The standard InChI is InChI=1S/C11H17N5O2/c1-8-9(6-14-15-8)11(18)13-7-10(17)16-4-2-12-3-5-16/h6,12H,2-5,7H2,1H3,(H,13,18)(H,14,15). The smallest absolute Gasteiger partial charge is 0.255 e. The number of H-pyrrole nitrogens is 1. The summed E-state index contributed by atoms with van der Waals surface area (Å²) < 4.78 is 0. The van der Waals surface area contributed by atoms with Crippen molar-refractivity contribution in [3.8, 4) is 0 Å². The molecule has 1 aliphatic heterocycles. The van der Waals surface area contributed by atoms with Crippen LogP contribution in [0.25, 0.3) is 0 Å². The number of hydrogen-bond donors (Lipinski definition) is 3. The summed E-state index contributed by atoms with van der Waals surface area (Å²) in [6, 6.07) is 0. The molecule has 0 saturated carbocycles. The lowest BCUT2D eigenvalue weighted by Crippen LogP contribution is -2.49. The van der Waals surface area contributed by atoms with Crippen LogP contribution in [0.2, 0.25) is 0 Å². The van der Waals surface area contributed by atoms with Crippen molar-refractivity contribution in [3.05, 3.63) is 17.5 Å². The van der Waals surface area contributed by atoms with E-state index in [1.165, 1.54) is 6.20 Å². The van der Waals surface area contributed by atoms with Crippen molar-refractivity contribution in [3.63, 3.8) is 0 Å². The molecule has 2 amide bonds. The number of carbonyl (C=O) groups excluding carboxylic acids is 2. The Bertz CT molecular complexity index is 436. The maximum atomic E-state index is 11.8. The van der Waals surface area contributed by atoms with Crippen molar-refractivity contribution in [1.29, 1.82) is 0 Å². The Hall–Kier alpha value is -1.89. The second-order valence-corrected chi connectivity index (χ2v) is 4.22. The molecule has 0 radical (unpaired) electrons. The van der Waals surface area contributed by atoms with Gasteiger partial charge in [-0.05, 0) is 6.92 Å². The zero-order valence-electron chi connectivity index (χ0n) is 10.3. The van der Waals surface area contributed by atoms with Crippen molar-refractivity contribution >= 4 is 11.8 Å². The van der Waals surface area contributed by atoms with E-state index in [0.29, 0.717) is 24.3 Å². The Morgan fingerprint density at radius 1 is 1.44 bits per heavy atom. The Labute approximate surface area is 105 Å². The second kappa shape index (κ2) is 5.63. The first-order valence-electron chi connectivity index (χ1n) is 5.95. The Kier molecular flexibility index (Phi) is 3.93. The van der Waals surface area contributed by atoms with Crippen LogP contribution in [0.5, 0.6) is 0 Å². The molecular weight excluding hydrogens is 234 g/mol. The van der Waals surface area contributed by atoms with Gasteiger partial charge in [-0.2, -0.15) is 5.10 Å². The zero-order valence-corrected chi connectivity index (χ0v) is 10.3. The van der Waals surface area contributed by atoms with Gasteiger partial charge in [0.05, 0.1) is 18.3 Å². The van der Waals surface area contributed by atoms with E-state index in [1.807, 2.05) is 0 Å². The van der Waals surface area contributed by atoms with Gasteiger partial charge in [0.1, 0.15) is 0 Å². The average molecular weight is 251 g/mol. The van der Waals surface area contributed by atoms with Crippen molar-refractivity contribution in [1.82, 2.24) is 25.7 Å². The van der Waals surface area contributed by atoms with Gasteiger partial charge in [0, 0.05) is 31.9 Å². The number of carbonyl (C=O) groups is 2. The third kappa shape index (κ3) is 2.86. The molecule has 1 fully saturated rings. The molecule has 0 aliphatic carbocycles. The van der Waals surface area contributed by atoms with Gasteiger partial charge >= 0.3 is 0 Å². The summed E-state index contributed by atoms with van der Waals surface area (Å²) >= 11 is 0. The van der Waals surface area contributed by atoms with Crippen molar-refractivity contribution in [2.45, 2.75) is 6.92 Å². The quantitative estimate of drug-likeness (QED) is 0.634. The van der Waals surface area contributed by atoms with Crippen LogP contribution in [0.1, 0.15) is 16.1 Å². The molecule has 1 aliphatic rings. The third-order valence-corrected chi connectivity index (χ3v) is 2.94. The number of nitrogens with zero attached hydrogens (tertiary/aromatic N) is 2. The number of rotatable bonds is 3. The van der Waals surface area contributed by atoms with E-state index in [-0.39, 0.29) is 18.4 Å². The first kappa shape index (κ1) is 12.6. The highest BCUT2D eigenvalue weighted by molar-refractivity contribution is 5.97. The summed E-state index contributed by atoms with van der Waals surface area (Å²) in [4.78, 5) is 25.3. The first-order valence-corrected chi connectivity index (χ1v) is 5.95. The minimum atomic E-state index is -0.273. The molecule has 18 heavy (non-hydrogen) atoms. The van der Waals surface area contributed by atoms with Gasteiger partial charge in [0.15, 0.2) is 0 Å². The lowest BCUT2D eigenvalue weighted by molar-refractivity contribution is -0.130. The number of nitrogens with one attached hydrogen (secondary N) is 3. The van der Waals surface area contributed by atoms with Crippen molar-refractivity contribution in [2.24, 2.45) is 0 Å². The number of amides is 2. The molecule has 2 heterocycles. The molecule has 0 atom stereocenters. The van der Waals surface area contributed by atoms with Crippen LogP contribution in [-0.2, 0) is 4.79 Å². The summed E-state index contributed by atoms with van der Waals surface area (Å²) in [5.41, 5.74) is 1.17. The maximum Gasteiger partial charge on any atom is 0.255 e. The fourth-order valence-corrected chi connectivity index (χ4v) is 1.86. The van der Waals surface area contributed by atoms with Gasteiger partial charge in [0.2, 0.25) is 5.91 Å². The summed E-state index contributed by atoms with van der Waals surface area (Å²) in [5, 5.41) is 12.2. The van der Waals surface area contributed by atoms with Crippen LogP contribution in [-0.4, -0.2) is 59.6 Å². The minimum Gasteiger partial charge on any atom is -0.343 e. The van der Waals surface area contributed by atoms with Gasteiger partial charge in [-0.1, -0.05) is 0 Å². The van der Waals surface area contributed by atoms with E-state index in [2.05, 4.69) is 20.8 Å². The van der Waals surface area contributed by atoms with E-state index >= 15 is 0 Å². The van der Waals surface area contributed by atoms with Crippen LogP contribution in [0, 0.1) is 6.92 Å². The monoisotopic (exact) mass is 251 g/mol. The lowest BCUT2D eigenvalue weighted by atomic mass is 10.2. The first-order chi connectivity index (χ1) is 8.68. The predicted molar refractivity (Wildman–Crippen MR) is 65.1 cm³/mol. The molecule has 2 rings (SSSR count). The molecule has 0 spiro atoms. The molecule has 0 unspecified atom stereocenters. The lowest BCUT2D eigenvalue weighted by Gasteiger charge is -2.27. The van der Waals surface area contributed by atoms with Crippen molar-refractivity contribution in [2.75, 3.05) is 32.7 Å². The summed E-state index contributed by atoms with van der Waals surface area (Å²) in [6.45, 7) is 4.80. The molecule has 7 nitrogen and oxygen atoms in total. The highest BCUT2D eigenvalue weighted by Crippen LogP contribution is 2.01. The van der Waals surface area contributed by atoms with Gasteiger partial charge < -0.3 is 15.5 Å². The number of piperazine rings is 1. The fraction of sp³-hybridized carbons (Fsp3) is 0.545. The number of aromatic amines is 1. The summed E-state index contributed by atoms with van der Waals surface area (Å²) in [7, 11) is 0. The van der Waals surface area contributed by atoms with E-state index in [1.54, 1.807) is 11.8 Å². The largest absolute Gasteiger partial charge is 0.343 e. The Balaban J connectivity index is 1.82. The average Bonchev–Trinajstić information content (AvgIpc) is 2.83. The predicted octanol–water partition coefficient (Wildman–Crippen LogP) is -1.12. The van der Waals surface area contributed by atoms with Gasteiger partial charge in [-0.15, -0.1) is 0 Å². The molecule has 0 aromatic carbocycles. The molecule has 1 aromatic rings. The topological polar surface area (TPSA) is 90.1 Å². The number of aromatic nitrogens is 2. The van der Waals surface area contributed by atoms with Crippen LogP contribution in [0.4, 0.5) is 0 Å². The van der Waals surface area contributed by atoms with Crippen LogP contribution in [0.3, 0.4) is 0 Å². The van der Waals surface area contributed by atoms with Gasteiger partial charge in [0.25, 0.3) is 5.91 Å². The highest BCUT2D eigenvalue weighted by atomic mass is 16.2. The minimum absolute atomic E-state index is 0.0312. The normalized spacial score (nSPS) is 15.5. The molecule has 98 valence electrons. The van der Waals surface area contributed by atoms with E-state index in [4.69, 9.17) is 0 Å². The third-order valence-electron chi connectivity index (χ3n) is 2.94. The summed E-state index contributed by atoms with van der Waals surface area (Å²) in [6.07, 6.45) is 1.46. The summed E-state index contributed by atoms with van der Waals surface area (Å²) in [5.74, 6) is -0.323. The van der Waals surface area contributed by atoms with E-state index in [9.17, 15) is 9.59 Å². The molecular formula is C11H17N5O2. The number of hydrogen-bond acceptors (Lipinski definition) is 4. The van der Waals surface area contributed by atoms with E-state index < -0.39 is 0 Å². The SMILES string of the molecule is Cc1[nH]ncc1C(=O)NCC(=O)N1CCNCC1. The maximum absolute atomic E-state index is 11.8. The molecule has 1 aromatic heterocycles. The molecule has 7 heteroatoms. The molecule has 3 N–H and O–H groups in total. The van der Waals surface area contributed by atoms with Gasteiger partial charge in [-0.3, -0.25) is 14.7 Å². The second-order valence-electron chi connectivity index (χ2n) is 4.22. The molecule has 0 bridgehead atoms. The van der Waals surface area contributed by atoms with Crippen LogP contribution in [0.15, 0.2) is 6.20 Å². The van der Waals surface area contributed by atoms with Crippen LogP contribution >= 0.6 is 0 Å². The van der Waals surface area contributed by atoms with Crippen molar-refractivity contribution < 1.29 is 9.59 Å². The Morgan fingerprint density at radius 2 is 2.17 bits per heavy atom. The van der Waals surface area contributed by atoms with E-state index in [0.717, 1.165) is 13.1 Å². The number of aryl methyl sites for hydroxylation is 1. The zero-order chi connectivity index (χ0) is 13.0.